The predicted octanol–water partition coefficient (Wildman–Crippen LogP) is 2.43. The molecule has 96 valence electrons. The minimum absolute atomic E-state index is 0.0604. The molecular formula is C12H13FN2O3. The molecule has 0 aliphatic heterocycles. The Kier molecular flexibility index (Phi) is 4.53. The summed E-state index contributed by atoms with van der Waals surface area (Å²) in [6.45, 7) is 4.09. The maximum absolute atomic E-state index is 13.1. The minimum Gasteiger partial charge on any atom is -0.349 e. The van der Waals surface area contributed by atoms with Crippen molar-refractivity contribution in [3.8, 4) is 0 Å². The molecule has 6 heteroatoms. The summed E-state index contributed by atoms with van der Waals surface area (Å²) in [5.74, 6) is -1.43. The van der Waals surface area contributed by atoms with E-state index < -0.39 is 22.3 Å². The lowest BCUT2D eigenvalue weighted by molar-refractivity contribution is -0.387. The van der Waals surface area contributed by atoms with Crippen molar-refractivity contribution in [1.29, 1.82) is 0 Å². The highest BCUT2D eigenvalue weighted by Crippen LogP contribution is 2.18. The first-order valence-electron chi connectivity index (χ1n) is 5.27. The second-order valence-electron chi connectivity index (χ2n) is 3.91. The summed E-state index contributed by atoms with van der Waals surface area (Å²) in [5, 5.41) is 13.1. The smallest absolute Gasteiger partial charge is 0.305 e. The van der Waals surface area contributed by atoms with Crippen LogP contribution in [0.15, 0.2) is 29.8 Å². The number of benzene rings is 1. The molecule has 0 spiro atoms. The molecule has 1 amide bonds. The molecule has 0 radical (unpaired) electrons. The van der Waals surface area contributed by atoms with E-state index in [0.717, 1.165) is 17.7 Å². The third-order valence-electron chi connectivity index (χ3n) is 2.18. The van der Waals surface area contributed by atoms with E-state index in [0.29, 0.717) is 6.54 Å². The van der Waals surface area contributed by atoms with Gasteiger partial charge in [0.25, 0.3) is 5.91 Å². The number of hydrogen-bond acceptors (Lipinski definition) is 3. The zero-order valence-corrected chi connectivity index (χ0v) is 10.1. The average molecular weight is 252 g/mol. The number of carbonyl (C=O) groups is 1. The molecule has 5 nitrogen and oxygen atoms in total. The minimum atomic E-state index is -0.958. The number of nitro groups is 1. The second kappa shape index (κ2) is 5.90. The van der Waals surface area contributed by atoms with Crippen LogP contribution < -0.4 is 5.32 Å². The highest BCUT2D eigenvalue weighted by molar-refractivity contribution is 5.94. The zero-order valence-electron chi connectivity index (χ0n) is 10.1. The standard InChI is InChI=1S/C12H13FN2O3/c1-8(2)5-6-14-12(16)9-3-4-10(13)11(7-9)15(17)18/h3-5,7H,6H2,1-2H3,(H,14,16). The quantitative estimate of drug-likeness (QED) is 0.508. The van der Waals surface area contributed by atoms with E-state index in [1.807, 2.05) is 13.8 Å². The number of nitro benzene ring substituents is 1. The summed E-state index contributed by atoms with van der Waals surface area (Å²) in [6.07, 6.45) is 1.80. The lowest BCUT2D eigenvalue weighted by atomic mass is 10.2. The van der Waals surface area contributed by atoms with Gasteiger partial charge in [0.2, 0.25) is 5.82 Å². The van der Waals surface area contributed by atoms with E-state index in [1.54, 1.807) is 6.08 Å². The molecule has 0 heterocycles. The molecule has 1 aromatic rings. The molecule has 0 aliphatic carbocycles. The Morgan fingerprint density at radius 3 is 2.72 bits per heavy atom. The first-order chi connectivity index (χ1) is 8.41. The van der Waals surface area contributed by atoms with Gasteiger partial charge in [0.05, 0.1) is 4.92 Å². The number of halogens is 1. The van der Waals surface area contributed by atoms with Gasteiger partial charge in [0.1, 0.15) is 0 Å². The summed E-state index contributed by atoms with van der Waals surface area (Å²) in [5.41, 5.74) is 0.399. The van der Waals surface area contributed by atoms with Gasteiger partial charge in [-0.3, -0.25) is 14.9 Å². The molecule has 1 aromatic carbocycles. The second-order valence-corrected chi connectivity index (χ2v) is 3.91. The monoisotopic (exact) mass is 252 g/mol. The van der Waals surface area contributed by atoms with Gasteiger partial charge in [-0.25, -0.2) is 0 Å². The van der Waals surface area contributed by atoms with Crippen molar-refractivity contribution in [2.75, 3.05) is 6.54 Å². The number of nitrogens with one attached hydrogen (secondary N) is 1. The summed E-state index contributed by atoms with van der Waals surface area (Å²) in [6, 6.07) is 3.04. The fourth-order valence-corrected chi connectivity index (χ4v) is 1.24. The Morgan fingerprint density at radius 2 is 2.17 bits per heavy atom. The maximum atomic E-state index is 13.1. The van der Waals surface area contributed by atoms with Crippen molar-refractivity contribution in [1.82, 2.24) is 5.32 Å². The molecule has 0 aromatic heterocycles. The molecule has 1 N–H and O–H groups in total. The number of allylic oxidation sites excluding steroid dienone is 1. The maximum Gasteiger partial charge on any atom is 0.305 e. The number of amides is 1. The molecule has 1 rings (SSSR count). The van der Waals surface area contributed by atoms with Gasteiger partial charge in [0.15, 0.2) is 0 Å². The van der Waals surface area contributed by atoms with E-state index in [9.17, 15) is 19.3 Å². The summed E-state index contributed by atoms with van der Waals surface area (Å²) in [4.78, 5) is 21.3. The zero-order chi connectivity index (χ0) is 13.7. The first-order valence-corrected chi connectivity index (χ1v) is 5.27. The Bertz CT molecular complexity index is 508. The fourth-order valence-electron chi connectivity index (χ4n) is 1.24. The van der Waals surface area contributed by atoms with Crippen LogP contribution in [-0.2, 0) is 0 Å². The van der Waals surface area contributed by atoms with Crippen LogP contribution >= 0.6 is 0 Å². The number of hydrogen-bond donors (Lipinski definition) is 1. The summed E-state index contributed by atoms with van der Waals surface area (Å²) in [7, 11) is 0. The van der Waals surface area contributed by atoms with E-state index >= 15 is 0 Å². The van der Waals surface area contributed by atoms with Crippen LogP contribution in [-0.4, -0.2) is 17.4 Å². The Labute approximate surface area is 103 Å². The third-order valence-corrected chi connectivity index (χ3v) is 2.18. The molecule has 0 saturated heterocycles. The number of carbonyl (C=O) groups excluding carboxylic acids is 1. The van der Waals surface area contributed by atoms with Crippen LogP contribution in [0.4, 0.5) is 10.1 Å². The average Bonchev–Trinajstić information content (AvgIpc) is 2.28. The Hall–Kier alpha value is -2.24. The topological polar surface area (TPSA) is 72.2 Å². The van der Waals surface area contributed by atoms with Gasteiger partial charge in [0, 0.05) is 18.2 Å². The van der Waals surface area contributed by atoms with Gasteiger partial charge in [-0.1, -0.05) is 11.6 Å². The lowest BCUT2D eigenvalue weighted by Gasteiger charge is -2.03. The normalized spacial score (nSPS) is 9.72. The third kappa shape index (κ3) is 3.65. The van der Waals surface area contributed by atoms with Crippen molar-refractivity contribution in [3.63, 3.8) is 0 Å². The Morgan fingerprint density at radius 1 is 1.50 bits per heavy atom. The van der Waals surface area contributed by atoms with Crippen LogP contribution in [0, 0.1) is 15.9 Å². The number of rotatable bonds is 4. The lowest BCUT2D eigenvalue weighted by Crippen LogP contribution is -2.23. The van der Waals surface area contributed by atoms with Gasteiger partial charge in [-0.05, 0) is 26.0 Å². The van der Waals surface area contributed by atoms with Gasteiger partial charge in [-0.15, -0.1) is 0 Å². The van der Waals surface area contributed by atoms with E-state index in [1.165, 1.54) is 6.07 Å². The SMILES string of the molecule is CC(C)=CCNC(=O)c1ccc(F)c([N+](=O)[O-])c1. The van der Waals surface area contributed by atoms with Crippen LogP contribution in [0.3, 0.4) is 0 Å². The number of nitrogens with zero attached hydrogens (tertiary/aromatic N) is 1. The molecule has 0 fully saturated rings. The molecular weight excluding hydrogens is 239 g/mol. The first kappa shape index (κ1) is 13.8. The van der Waals surface area contributed by atoms with Crippen molar-refractivity contribution >= 4 is 11.6 Å². The van der Waals surface area contributed by atoms with Crippen molar-refractivity contribution in [2.24, 2.45) is 0 Å². The van der Waals surface area contributed by atoms with Gasteiger partial charge in [-0.2, -0.15) is 4.39 Å². The van der Waals surface area contributed by atoms with Crippen molar-refractivity contribution < 1.29 is 14.1 Å². The highest BCUT2D eigenvalue weighted by Gasteiger charge is 2.16. The van der Waals surface area contributed by atoms with Crippen molar-refractivity contribution in [3.05, 3.63) is 51.3 Å². The predicted molar refractivity (Wildman–Crippen MR) is 64.8 cm³/mol. The van der Waals surface area contributed by atoms with Crippen LogP contribution in [0.2, 0.25) is 0 Å². The summed E-state index contributed by atoms with van der Waals surface area (Å²) < 4.78 is 13.1. The molecule has 0 saturated carbocycles. The van der Waals surface area contributed by atoms with Gasteiger partial charge >= 0.3 is 5.69 Å². The van der Waals surface area contributed by atoms with Crippen LogP contribution in [0.25, 0.3) is 0 Å². The molecule has 0 aliphatic rings. The molecule has 0 atom stereocenters. The largest absolute Gasteiger partial charge is 0.349 e. The Balaban J connectivity index is 2.84. The van der Waals surface area contributed by atoms with Crippen LogP contribution in [0.5, 0.6) is 0 Å². The molecule has 18 heavy (non-hydrogen) atoms. The van der Waals surface area contributed by atoms with E-state index in [-0.39, 0.29) is 5.56 Å². The van der Waals surface area contributed by atoms with Crippen molar-refractivity contribution in [2.45, 2.75) is 13.8 Å². The van der Waals surface area contributed by atoms with E-state index in [2.05, 4.69) is 5.32 Å². The fraction of sp³-hybridized carbons (Fsp3) is 0.250. The highest BCUT2D eigenvalue weighted by atomic mass is 19.1. The van der Waals surface area contributed by atoms with Gasteiger partial charge < -0.3 is 5.32 Å². The molecule has 0 unspecified atom stereocenters. The van der Waals surface area contributed by atoms with Crippen LogP contribution in [0.1, 0.15) is 24.2 Å². The molecule has 0 bridgehead atoms. The van der Waals surface area contributed by atoms with E-state index in [4.69, 9.17) is 0 Å². The summed E-state index contributed by atoms with van der Waals surface area (Å²) >= 11 is 0.